The average molecular weight is 288 g/mol. The highest BCUT2D eigenvalue weighted by molar-refractivity contribution is 5.01. The average Bonchev–Trinajstić information content (AvgIpc) is 2.65. The fraction of sp³-hybridized carbons (Fsp3) is 0.636. The highest BCUT2D eigenvalue weighted by atomic mass is 16.6. The molecule has 5 N–H and O–H groups in total. The predicted molar refractivity (Wildman–Crippen MR) is 65.0 cm³/mol. The van der Waals surface area contributed by atoms with Gasteiger partial charge in [0.25, 0.3) is 5.56 Å². The van der Waals surface area contributed by atoms with Crippen molar-refractivity contribution in [3.63, 3.8) is 0 Å². The van der Waals surface area contributed by atoms with E-state index in [1.807, 2.05) is 4.98 Å². The maximum absolute atomic E-state index is 11.7. The molecule has 2 rings (SSSR count). The minimum Gasteiger partial charge on any atom is -0.396 e. The summed E-state index contributed by atoms with van der Waals surface area (Å²) in [5.41, 5.74) is -2.98. The molecular weight excluding hydrogens is 272 g/mol. The third-order valence-electron chi connectivity index (χ3n) is 3.44. The topological polar surface area (TPSA) is 145 Å². The van der Waals surface area contributed by atoms with E-state index in [1.165, 1.54) is 0 Å². The number of hydrogen-bond acceptors (Lipinski definition) is 7. The summed E-state index contributed by atoms with van der Waals surface area (Å²) in [6, 6.07) is 1.06. The molecule has 2 unspecified atom stereocenters. The Balaban J connectivity index is 2.39. The van der Waals surface area contributed by atoms with Gasteiger partial charge in [0.05, 0.1) is 6.61 Å². The molecule has 0 spiro atoms. The maximum Gasteiger partial charge on any atom is 0.330 e. The summed E-state index contributed by atoms with van der Waals surface area (Å²) in [6.45, 7) is -1.02. The number of ether oxygens (including phenoxy) is 1. The highest BCUT2D eigenvalue weighted by Crippen LogP contribution is 2.38. The van der Waals surface area contributed by atoms with Crippen molar-refractivity contribution in [2.24, 2.45) is 0 Å². The maximum atomic E-state index is 11.7. The molecule has 1 fully saturated rings. The van der Waals surface area contributed by atoms with Crippen LogP contribution < -0.4 is 11.2 Å². The van der Waals surface area contributed by atoms with E-state index in [4.69, 9.17) is 9.84 Å². The molecule has 1 saturated heterocycles. The van der Waals surface area contributed by atoms with Crippen molar-refractivity contribution in [3.05, 3.63) is 33.1 Å². The van der Waals surface area contributed by atoms with Crippen LogP contribution in [-0.2, 0) is 4.74 Å². The molecule has 9 nitrogen and oxygen atoms in total. The van der Waals surface area contributed by atoms with Gasteiger partial charge in [0.1, 0.15) is 17.8 Å². The quantitative estimate of drug-likeness (QED) is 0.394. The molecule has 9 heteroatoms. The van der Waals surface area contributed by atoms with E-state index in [-0.39, 0.29) is 13.0 Å². The second kappa shape index (κ2) is 5.46. The number of aliphatic hydroxyl groups is 4. The van der Waals surface area contributed by atoms with Crippen LogP contribution in [0.25, 0.3) is 0 Å². The van der Waals surface area contributed by atoms with Crippen molar-refractivity contribution < 1.29 is 25.2 Å². The largest absolute Gasteiger partial charge is 0.396 e. The van der Waals surface area contributed by atoms with E-state index in [0.29, 0.717) is 0 Å². The molecule has 0 amide bonds. The summed E-state index contributed by atoms with van der Waals surface area (Å²) in [4.78, 5) is 24.6. The zero-order valence-electron chi connectivity index (χ0n) is 10.5. The highest BCUT2D eigenvalue weighted by Gasteiger charge is 2.54. The number of aromatic nitrogens is 2. The zero-order valence-corrected chi connectivity index (χ0v) is 10.5. The minimum absolute atomic E-state index is 0.115. The van der Waals surface area contributed by atoms with Crippen LogP contribution in [0.1, 0.15) is 12.6 Å². The SMILES string of the molecule is O=c1ccn([C@H]2O[C@](CO)(CCO)C(O)C2O)c(=O)[nH]1. The number of aliphatic hydroxyl groups excluding tert-OH is 4. The van der Waals surface area contributed by atoms with E-state index in [2.05, 4.69) is 0 Å². The molecular formula is C11H16N2O7. The summed E-state index contributed by atoms with van der Waals surface area (Å²) in [7, 11) is 0. The van der Waals surface area contributed by atoms with Crippen LogP contribution in [0.5, 0.6) is 0 Å². The van der Waals surface area contributed by atoms with Gasteiger partial charge in [0, 0.05) is 25.3 Å². The molecule has 0 radical (unpaired) electrons. The Morgan fingerprint density at radius 1 is 1.35 bits per heavy atom. The van der Waals surface area contributed by atoms with Gasteiger partial charge in [-0.25, -0.2) is 4.79 Å². The summed E-state index contributed by atoms with van der Waals surface area (Å²) in [6.07, 6.45) is -3.24. The fourth-order valence-corrected chi connectivity index (χ4v) is 2.30. The van der Waals surface area contributed by atoms with Crippen LogP contribution in [0.2, 0.25) is 0 Å². The monoisotopic (exact) mass is 288 g/mol. The smallest absolute Gasteiger partial charge is 0.330 e. The molecule has 2 heterocycles. The van der Waals surface area contributed by atoms with Crippen molar-refractivity contribution in [1.82, 2.24) is 9.55 Å². The van der Waals surface area contributed by atoms with Crippen molar-refractivity contribution >= 4 is 0 Å². The first-order valence-electron chi connectivity index (χ1n) is 6.02. The van der Waals surface area contributed by atoms with E-state index < -0.39 is 41.9 Å². The molecule has 1 aromatic heterocycles. The summed E-state index contributed by atoms with van der Waals surface area (Å²) >= 11 is 0. The molecule has 1 aliphatic heterocycles. The first-order chi connectivity index (χ1) is 9.45. The Bertz CT molecular complexity index is 583. The lowest BCUT2D eigenvalue weighted by Crippen LogP contribution is -2.47. The van der Waals surface area contributed by atoms with Gasteiger partial charge in [0.15, 0.2) is 6.23 Å². The Morgan fingerprint density at radius 2 is 2.05 bits per heavy atom. The molecule has 4 atom stereocenters. The number of nitrogens with one attached hydrogen (secondary N) is 1. The Morgan fingerprint density at radius 3 is 2.60 bits per heavy atom. The van der Waals surface area contributed by atoms with E-state index in [0.717, 1.165) is 16.8 Å². The lowest BCUT2D eigenvalue weighted by Gasteiger charge is -2.29. The van der Waals surface area contributed by atoms with Crippen molar-refractivity contribution in [3.8, 4) is 0 Å². The van der Waals surface area contributed by atoms with Gasteiger partial charge < -0.3 is 25.2 Å². The van der Waals surface area contributed by atoms with Gasteiger partial charge in [0.2, 0.25) is 0 Å². The van der Waals surface area contributed by atoms with Gasteiger partial charge in [-0.05, 0) is 0 Å². The van der Waals surface area contributed by atoms with Gasteiger partial charge in [-0.1, -0.05) is 0 Å². The Hall–Kier alpha value is -1.52. The number of rotatable bonds is 4. The van der Waals surface area contributed by atoms with Crippen LogP contribution in [0.3, 0.4) is 0 Å². The van der Waals surface area contributed by atoms with Gasteiger partial charge in [-0.2, -0.15) is 0 Å². The van der Waals surface area contributed by atoms with Gasteiger partial charge >= 0.3 is 5.69 Å². The lowest BCUT2D eigenvalue weighted by molar-refractivity contribution is -0.137. The molecule has 112 valence electrons. The van der Waals surface area contributed by atoms with Gasteiger partial charge in [-0.3, -0.25) is 14.3 Å². The van der Waals surface area contributed by atoms with Crippen LogP contribution in [0.4, 0.5) is 0 Å². The summed E-state index contributed by atoms with van der Waals surface area (Å²) in [5.74, 6) is 0. The van der Waals surface area contributed by atoms with Crippen molar-refractivity contribution in [2.75, 3.05) is 13.2 Å². The van der Waals surface area contributed by atoms with Crippen molar-refractivity contribution in [1.29, 1.82) is 0 Å². The van der Waals surface area contributed by atoms with Crippen molar-refractivity contribution in [2.45, 2.75) is 30.5 Å². The summed E-state index contributed by atoms with van der Waals surface area (Å²) in [5, 5.41) is 38.3. The molecule has 0 bridgehead atoms. The molecule has 1 aromatic rings. The normalized spacial score (nSPS) is 33.5. The van der Waals surface area contributed by atoms with Crippen LogP contribution in [0.15, 0.2) is 21.9 Å². The number of H-pyrrole nitrogens is 1. The van der Waals surface area contributed by atoms with E-state index in [1.54, 1.807) is 0 Å². The van der Waals surface area contributed by atoms with E-state index in [9.17, 15) is 24.9 Å². The molecule has 0 aromatic carbocycles. The molecule has 20 heavy (non-hydrogen) atoms. The first kappa shape index (κ1) is 14.9. The Kier molecular flexibility index (Phi) is 4.06. The van der Waals surface area contributed by atoms with E-state index >= 15 is 0 Å². The molecule has 1 aliphatic rings. The first-order valence-corrected chi connectivity index (χ1v) is 6.02. The third kappa shape index (κ3) is 2.30. The number of aromatic amines is 1. The Labute approximate surface area is 112 Å². The summed E-state index contributed by atoms with van der Waals surface area (Å²) < 4.78 is 6.31. The van der Waals surface area contributed by atoms with Crippen LogP contribution in [0, 0.1) is 0 Å². The standard InChI is InChI=1S/C11H16N2O7/c14-4-2-11(5-15)8(18)7(17)9(20-11)13-3-1-6(16)12-10(13)19/h1,3,7-9,14-15,17-18H,2,4-5H2,(H,12,16,19)/t7?,8?,9-,11-/m0/s1. The van der Waals surface area contributed by atoms with Crippen LogP contribution >= 0.6 is 0 Å². The molecule has 0 saturated carbocycles. The minimum atomic E-state index is -1.56. The predicted octanol–water partition coefficient (Wildman–Crippen LogP) is -3.10. The number of nitrogens with zero attached hydrogens (tertiary/aromatic N) is 1. The second-order valence-corrected chi connectivity index (χ2v) is 4.66. The zero-order chi connectivity index (χ0) is 14.9. The third-order valence-corrected chi connectivity index (χ3v) is 3.44. The second-order valence-electron chi connectivity index (χ2n) is 4.66. The number of hydrogen-bond donors (Lipinski definition) is 5. The van der Waals surface area contributed by atoms with Gasteiger partial charge in [-0.15, -0.1) is 0 Å². The lowest BCUT2D eigenvalue weighted by atomic mass is 9.93. The fourth-order valence-electron chi connectivity index (χ4n) is 2.30. The molecule has 0 aliphatic carbocycles. The van der Waals surface area contributed by atoms with Crippen LogP contribution in [-0.4, -0.2) is 61.0 Å².